The lowest BCUT2D eigenvalue weighted by Gasteiger charge is -2.01. The highest BCUT2D eigenvalue weighted by molar-refractivity contribution is 6.04. The average molecular weight is 251 g/mol. The maximum absolute atomic E-state index is 11.8. The smallest absolute Gasteiger partial charge is 0.356 e. The Morgan fingerprint density at radius 3 is 2.72 bits per heavy atom. The van der Waals surface area contributed by atoms with Crippen LogP contribution in [-0.4, -0.2) is 47.1 Å². The number of ether oxygens (including phenoxy) is 1. The second-order valence-corrected chi connectivity index (χ2v) is 3.90. The Morgan fingerprint density at radius 2 is 2.17 bits per heavy atom. The van der Waals surface area contributed by atoms with Crippen LogP contribution in [0.15, 0.2) is 18.3 Å². The van der Waals surface area contributed by atoms with Gasteiger partial charge < -0.3 is 9.64 Å². The van der Waals surface area contributed by atoms with E-state index in [1.165, 1.54) is 16.8 Å². The molecule has 0 atom stereocenters. The fourth-order valence-corrected chi connectivity index (χ4v) is 1.29. The van der Waals surface area contributed by atoms with Gasteiger partial charge in [0.05, 0.1) is 6.61 Å². The molecule has 0 aliphatic heterocycles. The third-order valence-electron chi connectivity index (χ3n) is 2.14. The van der Waals surface area contributed by atoms with Gasteiger partial charge in [0.15, 0.2) is 0 Å². The molecule has 6 nitrogen and oxygen atoms in total. The molecule has 0 radical (unpaired) electrons. The predicted octanol–water partition coefficient (Wildman–Crippen LogP) is 0.855. The summed E-state index contributed by atoms with van der Waals surface area (Å²) in [5.74, 6) is -0.738. The van der Waals surface area contributed by atoms with Crippen LogP contribution in [0.5, 0.6) is 0 Å². The molecule has 0 fully saturated rings. The number of aromatic nitrogens is 2. The quantitative estimate of drug-likeness (QED) is 0.441. The van der Waals surface area contributed by atoms with Crippen molar-refractivity contribution in [2.24, 2.45) is 7.05 Å². The van der Waals surface area contributed by atoms with E-state index >= 15 is 0 Å². The number of hydrogen-bond donors (Lipinski definition) is 0. The lowest BCUT2D eigenvalue weighted by atomic mass is 10.2. The van der Waals surface area contributed by atoms with E-state index in [2.05, 4.69) is 5.10 Å². The van der Waals surface area contributed by atoms with Gasteiger partial charge in [-0.05, 0) is 6.92 Å². The molecule has 0 N–H and O–H groups in total. The molecule has 98 valence electrons. The Labute approximate surface area is 106 Å². The highest BCUT2D eigenvalue weighted by Gasteiger charge is 2.16. The second kappa shape index (κ2) is 6.00. The molecule has 0 unspecified atom stereocenters. The summed E-state index contributed by atoms with van der Waals surface area (Å²) in [6, 6.07) is 1.43. The molecule has 1 aromatic heterocycles. The molecule has 0 saturated carbocycles. The topological polar surface area (TPSA) is 64.4 Å². The van der Waals surface area contributed by atoms with Crippen molar-refractivity contribution in [3.63, 3.8) is 0 Å². The molecule has 1 rings (SSSR count). The number of rotatable bonds is 5. The first kappa shape index (κ1) is 14.0. The number of nitrogens with zero attached hydrogens (tertiary/aromatic N) is 3. The minimum atomic E-state index is -0.483. The first-order valence-corrected chi connectivity index (χ1v) is 5.55. The van der Waals surface area contributed by atoms with E-state index in [9.17, 15) is 9.59 Å². The highest BCUT2D eigenvalue weighted by atomic mass is 16.5. The maximum Gasteiger partial charge on any atom is 0.356 e. The van der Waals surface area contributed by atoms with Gasteiger partial charge >= 0.3 is 5.97 Å². The molecule has 0 aliphatic rings. The van der Waals surface area contributed by atoms with E-state index in [4.69, 9.17) is 4.74 Å². The zero-order chi connectivity index (χ0) is 13.7. The van der Waals surface area contributed by atoms with Gasteiger partial charge in [0.1, 0.15) is 11.4 Å². The normalized spacial score (nSPS) is 10.7. The van der Waals surface area contributed by atoms with Crippen LogP contribution < -0.4 is 0 Å². The Hall–Kier alpha value is -2.11. The van der Waals surface area contributed by atoms with Crippen LogP contribution in [0.2, 0.25) is 0 Å². The Bertz CT molecular complexity index is 475. The Kier molecular flexibility index (Phi) is 4.65. The number of aryl methyl sites for hydroxylation is 1. The zero-order valence-electron chi connectivity index (χ0n) is 11.0. The minimum absolute atomic E-state index is 0.221. The van der Waals surface area contributed by atoms with Gasteiger partial charge in [0.2, 0.25) is 5.78 Å². The third-order valence-corrected chi connectivity index (χ3v) is 2.14. The summed E-state index contributed by atoms with van der Waals surface area (Å²) >= 11 is 0. The standard InChI is InChI=1S/C12H17N3O3/c1-5-18-12(17)10-8-9(13-15(10)4)11(16)6-7-14(2)3/h6-8H,5H2,1-4H3/b7-6-. The molecular formula is C12H17N3O3. The van der Waals surface area contributed by atoms with Crippen LogP contribution in [0, 0.1) is 0 Å². The SMILES string of the molecule is CCOC(=O)c1cc(C(=O)/C=C\N(C)C)nn1C. The van der Waals surface area contributed by atoms with Gasteiger partial charge in [-0.25, -0.2) is 4.79 Å². The Balaban J connectivity index is 2.90. The van der Waals surface area contributed by atoms with Crippen LogP contribution in [0.1, 0.15) is 27.9 Å². The monoisotopic (exact) mass is 251 g/mol. The summed E-state index contributed by atoms with van der Waals surface area (Å²) in [6.45, 7) is 2.01. The van der Waals surface area contributed by atoms with E-state index in [0.29, 0.717) is 0 Å². The van der Waals surface area contributed by atoms with Crippen molar-refractivity contribution >= 4 is 11.8 Å². The average Bonchev–Trinajstić information content (AvgIpc) is 2.68. The summed E-state index contributed by atoms with van der Waals surface area (Å²) in [6.07, 6.45) is 3.03. The summed E-state index contributed by atoms with van der Waals surface area (Å²) < 4.78 is 6.20. The number of allylic oxidation sites excluding steroid dienone is 1. The van der Waals surface area contributed by atoms with E-state index < -0.39 is 5.97 Å². The molecule has 0 amide bonds. The number of carbonyl (C=O) groups excluding carboxylic acids is 2. The van der Waals surface area contributed by atoms with Gasteiger partial charge in [-0.1, -0.05) is 0 Å². The van der Waals surface area contributed by atoms with Crippen LogP contribution in [0.25, 0.3) is 0 Å². The largest absolute Gasteiger partial charge is 0.461 e. The van der Waals surface area contributed by atoms with Crippen LogP contribution in [-0.2, 0) is 11.8 Å². The van der Waals surface area contributed by atoms with Crippen molar-refractivity contribution in [1.82, 2.24) is 14.7 Å². The Morgan fingerprint density at radius 1 is 1.50 bits per heavy atom. The molecule has 0 bridgehead atoms. The lowest BCUT2D eigenvalue weighted by Crippen LogP contribution is -2.10. The van der Waals surface area contributed by atoms with Gasteiger partial charge in [0, 0.05) is 39.5 Å². The zero-order valence-corrected chi connectivity index (χ0v) is 11.0. The molecule has 0 saturated heterocycles. The molecule has 0 aliphatic carbocycles. The van der Waals surface area contributed by atoms with E-state index in [1.54, 1.807) is 25.1 Å². The van der Waals surface area contributed by atoms with Crippen molar-refractivity contribution in [3.8, 4) is 0 Å². The molecule has 0 spiro atoms. The van der Waals surface area contributed by atoms with Crippen LogP contribution in [0.4, 0.5) is 0 Å². The summed E-state index contributed by atoms with van der Waals surface area (Å²) in [5.41, 5.74) is 0.483. The first-order chi connectivity index (χ1) is 8.45. The first-order valence-electron chi connectivity index (χ1n) is 5.55. The summed E-state index contributed by atoms with van der Waals surface area (Å²) in [4.78, 5) is 25.0. The van der Waals surface area contributed by atoms with Gasteiger partial charge in [-0.2, -0.15) is 5.10 Å². The highest BCUT2D eigenvalue weighted by Crippen LogP contribution is 2.06. The summed E-state index contributed by atoms with van der Waals surface area (Å²) in [5, 5.41) is 3.99. The number of hydrogen-bond acceptors (Lipinski definition) is 5. The van der Waals surface area contributed by atoms with Crippen molar-refractivity contribution in [1.29, 1.82) is 0 Å². The fourth-order valence-electron chi connectivity index (χ4n) is 1.29. The van der Waals surface area contributed by atoms with Crippen molar-refractivity contribution in [2.75, 3.05) is 20.7 Å². The van der Waals surface area contributed by atoms with Crippen LogP contribution in [0.3, 0.4) is 0 Å². The number of carbonyl (C=O) groups is 2. The lowest BCUT2D eigenvalue weighted by molar-refractivity contribution is 0.0513. The molecular weight excluding hydrogens is 234 g/mol. The number of esters is 1. The maximum atomic E-state index is 11.8. The van der Waals surface area contributed by atoms with Gasteiger partial charge in [-0.15, -0.1) is 0 Å². The van der Waals surface area contributed by atoms with Crippen molar-refractivity contribution in [3.05, 3.63) is 29.7 Å². The summed E-state index contributed by atoms with van der Waals surface area (Å²) in [7, 11) is 5.22. The van der Waals surface area contributed by atoms with E-state index in [-0.39, 0.29) is 23.8 Å². The van der Waals surface area contributed by atoms with E-state index in [1.807, 2.05) is 14.1 Å². The van der Waals surface area contributed by atoms with Crippen molar-refractivity contribution < 1.29 is 14.3 Å². The molecule has 1 aromatic rings. The van der Waals surface area contributed by atoms with Gasteiger partial charge in [0.25, 0.3) is 0 Å². The van der Waals surface area contributed by atoms with Gasteiger partial charge in [-0.3, -0.25) is 9.48 Å². The third kappa shape index (κ3) is 3.44. The second-order valence-electron chi connectivity index (χ2n) is 3.90. The molecule has 0 aromatic carbocycles. The minimum Gasteiger partial charge on any atom is -0.461 e. The van der Waals surface area contributed by atoms with Crippen LogP contribution >= 0.6 is 0 Å². The molecule has 6 heteroatoms. The predicted molar refractivity (Wildman–Crippen MR) is 66.3 cm³/mol. The van der Waals surface area contributed by atoms with Crippen molar-refractivity contribution in [2.45, 2.75) is 6.92 Å². The fraction of sp³-hybridized carbons (Fsp3) is 0.417. The van der Waals surface area contributed by atoms with E-state index in [0.717, 1.165) is 0 Å². The molecule has 1 heterocycles. The number of ketones is 1. The molecule has 18 heavy (non-hydrogen) atoms.